The zero-order valence-electron chi connectivity index (χ0n) is 18.1. The van der Waals surface area contributed by atoms with Gasteiger partial charge in [-0.15, -0.1) is 0 Å². The van der Waals surface area contributed by atoms with Gasteiger partial charge in [0.05, 0.1) is 29.6 Å². The number of alkyl halides is 3. The summed E-state index contributed by atoms with van der Waals surface area (Å²) in [6.45, 7) is 7.83. The molecular formula is C21H23F3N6O2. The van der Waals surface area contributed by atoms with Crippen molar-refractivity contribution in [3.05, 3.63) is 59.2 Å². The Kier molecular flexibility index (Phi) is 6.75. The van der Waals surface area contributed by atoms with Crippen LogP contribution in [0.4, 0.5) is 13.2 Å². The molecule has 2 aromatic heterocycles. The molecule has 3 rings (SSSR count). The van der Waals surface area contributed by atoms with Crippen molar-refractivity contribution in [3.8, 4) is 11.7 Å². The first kappa shape index (κ1) is 23.2. The Balaban J connectivity index is 1.78. The summed E-state index contributed by atoms with van der Waals surface area (Å²) in [7, 11) is 0. The van der Waals surface area contributed by atoms with E-state index in [0.29, 0.717) is 30.2 Å². The molecule has 1 atom stereocenters. The normalized spacial score (nSPS) is 12.5. The van der Waals surface area contributed by atoms with E-state index >= 15 is 0 Å². The Morgan fingerprint density at radius 2 is 1.78 bits per heavy atom. The van der Waals surface area contributed by atoms with Gasteiger partial charge in [-0.25, -0.2) is 9.97 Å². The summed E-state index contributed by atoms with van der Waals surface area (Å²) in [6, 6.07) is 3.00. The molecule has 0 aliphatic carbocycles. The summed E-state index contributed by atoms with van der Waals surface area (Å²) in [4.78, 5) is 23.6. The summed E-state index contributed by atoms with van der Waals surface area (Å²) >= 11 is 0. The topological polar surface area (TPSA) is 86.0 Å². The van der Waals surface area contributed by atoms with Crippen molar-refractivity contribution < 1.29 is 22.7 Å². The Morgan fingerprint density at radius 3 is 2.34 bits per heavy atom. The average Bonchev–Trinajstić information content (AvgIpc) is 3.28. The molecule has 170 valence electrons. The number of ether oxygens (including phenoxy) is 1. The molecule has 0 saturated carbocycles. The summed E-state index contributed by atoms with van der Waals surface area (Å²) in [5.41, 5.74) is 1.94. The molecule has 0 aliphatic heterocycles. The van der Waals surface area contributed by atoms with Crippen LogP contribution in [0.25, 0.3) is 5.69 Å². The molecular weight excluding hydrogens is 425 g/mol. The zero-order valence-corrected chi connectivity index (χ0v) is 18.1. The maximum absolute atomic E-state index is 13.4. The first-order valence-electron chi connectivity index (χ1n) is 9.93. The summed E-state index contributed by atoms with van der Waals surface area (Å²) in [6.07, 6.45) is -0.130. The molecule has 0 bridgehead atoms. The van der Waals surface area contributed by atoms with Gasteiger partial charge >= 0.3 is 12.2 Å². The number of rotatable bonds is 7. The van der Waals surface area contributed by atoms with Gasteiger partial charge in [-0.2, -0.15) is 28.2 Å². The van der Waals surface area contributed by atoms with Crippen molar-refractivity contribution in [1.82, 2.24) is 29.9 Å². The quantitative estimate of drug-likeness (QED) is 0.549. The van der Waals surface area contributed by atoms with Crippen molar-refractivity contribution in [1.29, 1.82) is 0 Å². The number of benzene rings is 1. The monoisotopic (exact) mass is 448 g/mol. The summed E-state index contributed by atoms with van der Waals surface area (Å²) in [5, 5.41) is 8.35. The van der Waals surface area contributed by atoms with Crippen LogP contribution in [0.5, 0.6) is 6.01 Å². The highest BCUT2D eigenvalue weighted by Crippen LogP contribution is 2.28. The second-order valence-electron chi connectivity index (χ2n) is 7.23. The van der Waals surface area contributed by atoms with E-state index in [1.165, 1.54) is 17.2 Å². The largest absolute Gasteiger partial charge is 0.461 e. The minimum atomic E-state index is -4.52. The number of carbonyl (C=O) groups is 1. The maximum Gasteiger partial charge on any atom is 0.419 e. The fraction of sp³-hybridized carbons (Fsp3) is 0.381. The van der Waals surface area contributed by atoms with Crippen LogP contribution in [0.2, 0.25) is 0 Å². The molecule has 0 N–H and O–H groups in total. The number of nitrogens with zero attached hydrogens (tertiary/aromatic N) is 6. The third-order valence-electron chi connectivity index (χ3n) is 5.09. The van der Waals surface area contributed by atoms with Crippen molar-refractivity contribution >= 4 is 5.91 Å². The zero-order chi connectivity index (χ0) is 23.5. The smallest absolute Gasteiger partial charge is 0.419 e. The molecule has 0 radical (unpaired) electrons. The molecule has 2 heterocycles. The molecule has 0 fully saturated rings. The van der Waals surface area contributed by atoms with E-state index in [4.69, 9.17) is 4.74 Å². The van der Waals surface area contributed by atoms with E-state index < -0.39 is 17.8 Å². The fourth-order valence-electron chi connectivity index (χ4n) is 3.19. The van der Waals surface area contributed by atoms with E-state index in [1.54, 1.807) is 17.9 Å². The van der Waals surface area contributed by atoms with Crippen LogP contribution in [0, 0.1) is 13.8 Å². The first-order chi connectivity index (χ1) is 15.1. The van der Waals surface area contributed by atoms with Crippen LogP contribution in [0.1, 0.15) is 40.9 Å². The Morgan fingerprint density at radius 1 is 1.16 bits per heavy atom. The Labute approximate surface area is 183 Å². The van der Waals surface area contributed by atoms with Crippen LogP contribution >= 0.6 is 0 Å². The van der Waals surface area contributed by atoms with Gasteiger partial charge in [-0.3, -0.25) is 4.79 Å². The molecule has 1 amide bonds. The fourth-order valence-corrected chi connectivity index (χ4v) is 3.19. The molecule has 1 aromatic carbocycles. The second-order valence-corrected chi connectivity index (χ2v) is 7.23. The van der Waals surface area contributed by atoms with E-state index in [1.807, 2.05) is 26.8 Å². The Bertz CT molecular complexity index is 1070. The predicted octanol–water partition coefficient (Wildman–Crippen LogP) is 3.62. The van der Waals surface area contributed by atoms with Crippen LogP contribution in [-0.4, -0.2) is 55.0 Å². The van der Waals surface area contributed by atoms with E-state index in [9.17, 15) is 18.0 Å². The van der Waals surface area contributed by atoms with Crippen molar-refractivity contribution in [3.63, 3.8) is 0 Å². The molecule has 0 unspecified atom stereocenters. The number of hydrogen-bond acceptors (Lipinski definition) is 6. The van der Waals surface area contributed by atoms with E-state index in [0.717, 1.165) is 11.1 Å². The number of hydrogen-bond donors (Lipinski definition) is 0. The number of aryl methyl sites for hydroxylation is 1. The highest BCUT2D eigenvalue weighted by atomic mass is 19.4. The lowest BCUT2D eigenvalue weighted by atomic mass is 10.0. The van der Waals surface area contributed by atoms with Gasteiger partial charge in [0.1, 0.15) is 12.3 Å². The van der Waals surface area contributed by atoms with E-state index in [-0.39, 0.29) is 18.5 Å². The van der Waals surface area contributed by atoms with Gasteiger partial charge in [0.2, 0.25) is 0 Å². The Hall–Kier alpha value is -3.50. The number of amides is 1. The summed E-state index contributed by atoms with van der Waals surface area (Å²) < 4.78 is 43.4. The standard InChI is InChI=1S/C21H23F3N6O2/c1-5-29(14(3)12-32-20-25-10-16(11-26-20)21(22,23)24)19(31)17-7-6-13(2)15(4)18(17)30-27-8-9-28-30/h6-11,14H,5,12H2,1-4H3/t14-/m0/s1. The summed E-state index contributed by atoms with van der Waals surface area (Å²) in [5.74, 6) is -0.243. The van der Waals surface area contributed by atoms with Gasteiger partial charge in [0, 0.05) is 18.9 Å². The van der Waals surface area contributed by atoms with Gasteiger partial charge in [-0.05, 0) is 44.9 Å². The van der Waals surface area contributed by atoms with Gasteiger partial charge < -0.3 is 9.64 Å². The second kappa shape index (κ2) is 9.33. The predicted molar refractivity (Wildman–Crippen MR) is 110 cm³/mol. The molecule has 8 nitrogen and oxygen atoms in total. The van der Waals surface area contributed by atoms with Gasteiger partial charge in [0.15, 0.2) is 0 Å². The number of halogens is 3. The minimum absolute atomic E-state index is 0.00510. The van der Waals surface area contributed by atoms with Gasteiger partial charge in [-0.1, -0.05) is 6.07 Å². The van der Waals surface area contributed by atoms with Crippen LogP contribution < -0.4 is 4.74 Å². The third kappa shape index (κ3) is 4.87. The third-order valence-corrected chi connectivity index (χ3v) is 5.09. The lowest BCUT2D eigenvalue weighted by Gasteiger charge is -2.29. The first-order valence-corrected chi connectivity index (χ1v) is 9.93. The van der Waals surface area contributed by atoms with Crippen LogP contribution in [-0.2, 0) is 6.18 Å². The number of carbonyl (C=O) groups excluding carboxylic acids is 1. The van der Waals surface area contributed by atoms with Crippen molar-refractivity contribution in [2.24, 2.45) is 0 Å². The minimum Gasteiger partial charge on any atom is -0.461 e. The SMILES string of the molecule is CCN(C(=O)c1ccc(C)c(C)c1-n1nccn1)[C@@H](C)COc1ncc(C(F)(F)F)cn1. The molecule has 0 spiro atoms. The lowest BCUT2D eigenvalue weighted by molar-refractivity contribution is -0.138. The van der Waals surface area contributed by atoms with E-state index in [2.05, 4.69) is 20.2 Å². The van der Waals surface area contributed by atoms with Crippen molar-refractivity contribution in [2.75, 3.05) is 13.2 Å². The number of likely N-dealkylation sites (N-methyl/N-ethyl adjacent to an activating group) is 1. The van der Waals surface area contributed by atoms with Crippen LogP contribution in [0.3, 0.4) is 0 Å². The molecule has 11 heteroatoms. The average molecular weight is 448 g/mol. The molecule has 0 saturated heterocycles. The van der Waals surface area contributed by atoms with Gasteiger partial charge in [0.25, 0.3) is 5.91 Å². The molecule has 3 aromatic rings. The molecule has 0 aliphatic rings. The highest BCUT2D eigenvalue weighted by molar-refractivity contribution is 5.98. The van der Waals surface area contributed by atoms with Crippen molar-refractivity contribution in [2.45, 2.75) is 39.9 Å². The van der Waals surface area contributed by atoms with Crippen LogP contribution in [0.15, 0.2) is 36.9 Å². The maximum atomic E-state index is 13.4. The molecule has 32 heavy (non-hydrogen) atoms. The lowest BCUT2D eigenvalue weighted by Crippen LogP contribution is -2.42. The number of aromatic nitrogens is 5. The highest BCUT2D eigenvalue weighted by Gasteiger charge is 2.31.